The van der Waals surface area contributed by atoms with Crippen molar-refractivity contribution in [3.8, 4) is 0 Å². The van der Waals surface area contributed by atoms with Crippen molar-refractivity contribution in [3.63, 3.8) is 0 Å². The van der Waals surface area contributed by atoms with Gasteiger partial charge in [-0.1, -0.05) is 0 Å². The summed E-state index contributed by atoms with van der Waals surface area (Å²) in [5.74, 6) is 1.04. The maximum absolute atomic E-state index is 12.1. The van der Waals surface area contributed by atoms with Crippen LogP contribution in [0, 0.1) is 0 Å². The first-order valence-corrected chi connectivity index (χ1v) is 8.33. The van der Waals surface area contributed by atoms with Crippen LogP contribution in [0.1, 0.15) is 47.1 Å². The molecule has 0 aromatic carbocycles. The van der Waals surface area contributed by atoms with Gasteiger partial charge >= 0.3 is 0 Å². The highest BCUT2D eigenvalue weighted by atomic mass is 16.5. The van der Waals surface area contributed by atoms with Crippen LogP contribution in [0.2, 0.25) is 0 Å². The molecule has 1 saturated heterocycles. The van der Waals surface area contributed by atoms with E-state index < -0.39 is 0 Å². The smallest absolute Gasteiger partial charge is 0.254 e. The van der Waals surface area contributed by atoms with Crippen molar-refractivity contribution in [2.45, 2.75) is 31.9 Å². The van der Waals surface area contributed by atoms with Gasteiger partial charge in [0.2, 0.25) is 5.95 Å². The third-order valence-electron chi connectivity index (χ3n) is 3.95. The molecule has 0 unspecified atom stereocenters. The van der Waals surface area contributed by atoms with Crippen LogP contribution in [0.15, 0.2) is 24.8 Å². The molecule has 1 aliphatic heterocycles. The molecule has 8 heteroatoms. The number of rotatable bonds is 5. The molecule has 2 aromatic rings. The molecular formula is C17H22N6O2. The molecule has 8 nitrogen and oxygen atoms in total. The van der Waals surface area contributed by atoms with Crippen LogP contribution >= 0.6 is 0 Å². The molecule has 1 aliphatic rings. The number of carbonyl (C=O) groups excluding carboxylic acids is 1. The van der Waals surface area contributed by atoms with E-state index in [2.05, 4.69) is 25.3 Å². The van der Waals surface area contributed by atoms with Crippen molar-refractivity contribution < 1.29 is 9.53 Å². The molecule has 1 amide bonds. The molecule has 3 rings (SSSR count). The van der Waals surface area contributed by atoms with Crippen molar-refractivity contribution >= 4 is 11.9 Å². The Balaban J connectivity index is 1.54. The number of anilines is 1. The van der Waals surface area contributed by atoms with Crippen molar-refractivity contribution in [1.29, 1.82) is 0 Å². The summed E-state index contributed by atoms with van der Waals surface area (Å²) in [5.41, 5.74) is 1.25. The largest absolute Gasteiger partial charge is 0.370 e. The van der Waals surface area contributed by atoms with Crippen molar-refractivity contribution in [2.75, 3.05) is 25.6 Å². The molecule has 1 atom stereocenters. The van der Waals surface area contributed by atoms with Gasteiger partial charge in [0.15, 0.2) is 5.82 Å². The molecule has 0 spiro atoms. The third kappa shape index (κ3) is 4.48. The number of hydrogen-bond acceptors (Lipinski definition) is 7. The fourth-order valence-corrected chi connectivity index (χ4v) is 2.52. The second kappa shape index (κ2) is 7.98. The fourth-order valence-electron chi connectivity index (χ4n) is 2.52. The highest BCUT2D eigenvalue weighted by molar-refractivity contribution is 5.93. The normalized spacial score (nSPS) is 17.1. The summed E-state index contributed by atoms with van der Waals surface area (Å²) in [6.45, 7) is 1.11. The molecule has 0 radical (unpaired) electrons. The Labute approximate surface area is 146 Å². The van der Waals surface area contributed by atoms with Gasteiger partial charge in [-0.25, -0.2) is 19.9 Å². The minimum absolute atomic E-state index is 0.00949. The Morgan fingerprint density at radius 1 is 1.16 bits per heavy atom. The Bertz CT molecular complexity index is 696. The number of hydrogen-bond donors (Lipinski definition) is 1. The SMILES string of the molecule is CN(C)c1ncc(C(=O)NCc2cnc([C@H]3CCCCO3)nc2)cn1. The number of ether oxygens (including phenoxy) is 1. The van der Waals surface area contributed by atoms with Crippen LogP contribution in [0.3, 0.4) is 0 Å². The highest BCUT2D eigenvalue weighted by Crippen LogP contribution is 2.24. The first kappa shape index (κ1) is 17.2. The van der Waals surface area contributed by atoms with E-state index in [9.17, 15) is 4.79 Å². The lowest BCUT2D eigenvalue weighted by Crippen LogP contribution is -2.24. The fraction of sp³-hybridized carbons (Fsp3) is 0.471. The molecule has 0 saturated carbocycles. The summed E-state index contributed by atoms with van der Waals surface area (Å²) < 4.78 is 5.67. The van der Waals surface area contributed by atoms with Gasteiger partial charge in [-0.2, -0.15) is 0 Å². The highest BCUT2D eigenvalue weighted by Gasteiger charge is 2.18. The molecular weight excluding hydrogens is 320 g/mol. The van der Waals surface area contributed by atoms with Crippen LogP contribution in [0.4, 0.5) is 5.95 Å². The van der Waals surface area contributed by atoms with Gasteiger partial charge in [0.25, 0.3) is 5.91 Å². The van der Waals surface area contributed by atoms with Gasteiger partial charge in [0, 0.05) is 57.6 Å². The van der Waals surface area contributed by atoms with Crippen molar-refractivity contribution in [3.05, 3.63) is 41.7 Å². The lowest BCUT2D eigenvalue weighted by molar-refractivity contribution is 0.00940. The predicted octanol–water partition coefficient (Wildman–Crippen LogP) is 1.50. The lowest BCUT2D eigenvalue weighted by Gasteiger charge is -2.21. The molecule has 3 heterocycles. The second-order valence-electron chi connectivity index (χ2n) is 6.15. The topological polar surface area (TPSA) is 93.1 Å². The predicted molar refractivity (Wildman–Crippen MR) is 92.1 cm³/mol. The second-order valence-corrected chi connectivity index (χ2v) is 6.15. The van der Waals surface area contributed by atoms with E-state index in [4.69, 9.17) is 4.74 Å². The zero-order valence-corrected chi connectivity index (χ0v) is 14.5. The summed E-state index contributed by atoms with van der Waals surface area (Å²) in [4.78, 5) is 30.9. The van der Waals surface area contributed by atoms with E-state index in [0.717, 1.165) is 31.4 Å². The minimum Gasteiger partial charge on any atom is -0.370 e. The minimum atomic E-state index is -0.231. The van der Waals surface area contributed by atoms with Crippen LogP contribution < -0.4 is 10.2 Å². The number of nitrogens with one attached hydrogen (secondary N) is 1. The average molecular weight is 342 g/mol. The maximum atomic E-state index is 12.1. The number of nitrogens with zero attached hydrogens (tertiary/aromatic N) is 5. The Kier molecular flexibility index (Phi) is 5.49. The van der Waals surface area contributed by atoms with Gasteiger partial charge in [-0.15, -0.1) is 0 Å². The third-order valence-corrected chi connectivity index (χ3v) is 3.95. The van der Waals surface area contributed by atoms with Gasteiger partial charge in [-0.3, -0.25) is 4.79 Å². The standard InChI is InChI=1S/C17H22N6O2/c1-23(2)17-21-10-13(11-22-17)16(24)20-9-12-7-18-15(19-8-12)14-5-3-4-6-25-14/h7-8,10-11,14H,3-6,9H2,1-2H3,(H,20,24)/t14-/m1/s1. The van der Waals surface area contributed by atoms with E-state index in [1.54, 1.807) is 17.3 Å². The molecule has 0 aliphatic carbocycles. The zero-order chi connectivity index (χ0) is 17.6. The van der Waals surface area contributed by atoms with E-state index in [-0.39, 0.29) is 12.0 Å². The van der Waals surface area contributed by atoms with E-state index >= 15 is 0 Å². The first-order chi connectivity index (χ1) is 12.1. The van der Waals surface area contributed by atoms with Crippen LogP contribution in [0.25, 0.3) is 0 Å². The molecule has 0 bridgehead atoms. The van der Waals surface area contributed by atoms with Crippen molar-refractivity contribution in [2.24, 2.45) is 0 Å². The zero-order valence-electron chi connectivity index (χ0n) is 14.5. The molecule has 2 aromatic heterocycles. The Morgan fingerprint density at radius 2 is 1.88 bits per heavy atom. The summed E-state index contributed by atoms with van der Waals surface area (Å²) in [6.07, 6.45) is 9.66. The monoisotopic (exact) mass is 342 g/mol. The van der Waals surface area contributed by atoms with Crippen LogP contribution in [-0.2, 0) is 11.3 Å². The maximum Gasteiger partial charge on any atom is 0.254 e. The van der Waals surface area contributed by atoms with E-state index in [1.165, 1.54) is 12.4 Å². The Morgan fingerprint density at radius 3 is 2.48 bits per heavy atom. The van der Waals surface area contributed by atoms with Crippen LogP contribution in [-0.4, -0.2) is 46.5 Å². The van der Waals surface area contributed by atoms with E-state index in [0.29, 0.717) is 23.9 Å². The molecule has 1 fully saturated rings. The van der Waals surface area contributed by atoms with Gasteiger partial charge in [-0.05, 0) is 19.3 Å². The lowest BCUT2D eigenvalue weighted by atomic mass is 10.1. The van der Waals surface area contributed by atoms with Gasteiger partial charge in [0.1, 0.15) is 6.10 Å². The Hall–Kier alpha value is -2.61. The average Bonchev–Trinajstić information content (AvgIpc) is 2.67. The van der Waals surface area contributed by atoms with Gasteiger partial charge < -0.3 is 15.0 Å². The molecule has 25 heavy (non-hydrogen) atoms. The number of aromatic nitrogens is 4. The van der Waals surface area contributed by atoms with Crippen LogP contribution in [0.5, 0.6) is 0 Å². The number of amides is 1. The molecule has 132 valence electrons. The molecule has 1 N–H and O–H groups in total. The first-order valence-electron chi connectivity index (χ1n) is 8.33. The summed E-state index contributed by atoms with van der Waals surface area (Å²) in [5, 5.41) is 2.82. The summed E-state index contributed by atoms with van der Waals surface area (Å²) in [7, 11) is 3.69. The van der Waals surface area contributed by atoms with E-state index in [1.807, 2.05) is 14.1 Å². The van der Waals surface area contributed by atoms with Gasteiger partial charge in [0.05, 0.1) is 5.56 Å². The number of carbonyl (C=O) groups is 1. The summed E-state index contributed by atoms with van der Waals surface area (Å²) in [6, 6.07) is 0. The quantitative estimate of drug-likeness (QED) is 0.880. The summed E-state index contributed by atoms with van der Waals surface area (Å²) >= 11 is 0. The van der Waals surface area contributed by atoms with Crippen molar-refractivity contribution in [1.82, 2.24) is 25.3 Å².